The maximum atomic E-state index is 13.4. The molecule has 0 radical (unpaired) electrons. The van der Waals surface area contributed by atoms with Crippen molar-refractivity contribution in [1.82, 2.24) is 4.31 Å². The van der Waals surface area contributed by atoms with E-state index in [-0.39, 0.29) is 18.7 Å². The number of aliphatic hydroxyl groups is 1. The Morgan fingerprint density at radius 1 is 1.48 bits per heavy atom. The zero-order valence-electron chi connectivity index (χ0n) is 11.5. The Balaban J connectivity index is 2.48. The summed E-state index contributed by atoms with van der Waals surface area (Å²) < 4.78 is 44.1. The fraction of sp³-hybridized carbons (Fsp3) is 0.462. The Morgan fingerprint density at radius 3 is 2.81 bits per heavy atom. The van der Waals surface area contributed by atoms with Gasteiger partial charge in [-0.3, -0.25) is 0 Å². The minimum atomic E-state index is -4.07. The van der Waals surface area contributed by atoms with Crippen LogP contribution in [0.3, 0.4) is 0 Å². The average molecular weight is 317 g/mol. The molecule has 1 aromatic carbocycles. The summed E-state index contributed by atoms with van der Waals surface area (Å²) in [5.74, 6) is -1.62. The molecule has 21 heavy (non-hydrogen) atoms. The molecule has 0 spiro atoms. The third kappa shape index (κ3) is 3.22. The first-order valence-electron chi connectivity index (χ1n) is 6.42. The van der Waals surface area contributed by atoms with Crippen molar-refractivity contribution in [1.29, 1.82) is 0 Å². The molecule has 1 aliphatic heterocycles. The van der Waals surface area contributed by atoms with Crippen LogP contribution >= 0.6 is 0 Å². The highest BCUT2D eigenvalue weighted by molar-refractivity contribution is 7.89. The van der Waals surface area contributed by atoms with Crippen LogP contribution in [-0.2, 0) is 14.8 Å². The summed E-state index contributed by atoms with van der Waals surface area (Å²) in [6.45, 7) is 0.149. The van der Waals surface area contributed by atoms with Crippen LogP contribution in [0.15, 0.2) is 23.1 Å². The van der Waals surface area contributed by atoms with Crippen molar-refractivity contribution in [2.24, 2.45) is 0 Å². The van der Waals surface area contributed by atoms with Crippen molar-refractivity contribution in [2.45, 2.75) is 23.8 Å². The van der Waals surface area contributed by atoms with Crippen molar-refractivity contribution < 1.29 is 27.4 Å². The normalized spacial score (nSPS) is 20.2. The van der Waals surface area contributed by atoms with Crippen LogP contribution in [0.4, 0.5) is 4.39 Å². The fourth-order valence-corrected chi connectivity index (χ4v) is 3.97. The van der Waals surface area contributed by atoms with Crippen molar-refractivity contribution >= 4 is 16.0 Å². The molecular weight excluding hydrogens is 301 g/mol. The number of sulfonamides is 1. The maximum absolute atomic E-state index is 13.4. The van der Waals surface area contributed by atoms with E-state index in [0.29, 0.717) is 12.8 Å². The van der Waals surface area contributed by atoms with Crippen LogP contribution in [-0.4, -0.2) is 50.1 Å². The smallest absolute Gasteiger partial charge is 0.339 e. The second-order valence-corrected chi connectivity index (χ2v) is 6.70. The number of halogens is 1. The SMILES string of the molecule is COC(=O)c1ccc(F)cc1S(=O)(=O)N1CCC[C@H](O)C1. The van der Waals surface area contributed by atoms with E-state index in [1.165, 1.54) is 0 Å². The third-order valence-corrected chi connectivity index (χ3v) is 5.23. The van der Waals surface area contributed by atoms with Crippen LogP contribution in [0.25, 0.3) is 0 Å². The average Bonchev–Trinajstić information content (AvgIpc) is 2.46. The molecule has 116 valence electrons. The highest BCUT2D eigenvalue weighted by Crippen LogP contribution is 2.25. The van der Waals surface area contributed by atoms with E-state index >= 15 is 0 Å². The van der Waals surface area contributed by atoms with E-state index in [2.05, 4.69) is 4.74 Å². The minimum absolute atomic E-state index is 0.0700. The van der Waals surface area contributed by atoms with E-state index in [0.717, 1.165) is 29.6 Å². The summed E-state index contributed by atoms with van der Waals surface area (Å²) in [6.07, 6.45) is 0.256. The third-order valence-electron chi connectivity index (χ3n) is 3.33. The molecule has 1 aromatic rings. The lowest BCUT2D eigenvalue weighted by Crippen LogP contribution is -2.42. The molecule has 0 unspecified atom stereocenters. The molecule has 1 heterocycles. The van der Waals surface area contributed by atoms with Gasteiger partial charge >= 0.3 is 5.97 Å². The first-order chi connectivity index (χ1) is 9.86. The number of β-amino-alcohol motifs (C(OH)–C–C–N with tert-alkyl or cyclic N) is 1. The molecule has 8 heteroatoms. The van der Waals surface area contributed by atoms with Gasteiger partial charge in [-0.25, -0.2) is 17.6 Å². The molecule has 1 N–H and O–H groups in total. The van der Waals surface area contributed by atoms with Gasteiger partial charge in [-0.05, 0) is 31.0 Å². The van der Waals surface area contributed by atoms with E-state index < -0.39 is 32.8 Å². The number of aliphatic hydroxyl groups excluding tert-OH is 1. The van der Waals surface area contributed by atoms with Gasteiger partial charge in [0, 0.05) is 13.1 Å². The Kier molecular flexibility index (Phi) is 4.60. The summed E-state index contributed by atoms with van der Waals surface area (Å²) in [7, 11) is -2.95. The number of methoxy groups -OCH3 is 1. The molecule has 0 aliphatic carbocycles. The van der Waals surface area contributed by atoms with Gasteiger partial charge in [-0.2, -0.15) is 4.31 Å². The number of ether oxygens (including phenoxy) is 1. The standard InChI is InChI=1S/C13H16FNO5S/c1-20-13(17)11-5-4-9(14)7-12(11)21(18,19)15-6-2-3-10(16)8-15/h4-5,7,10,16H,2-3,6,8H2,1H3/t10-/m0/s1. The zero-order chi connectivity index (χ0) is 15.6. The predicted molar refractivity (Wildman–Crippen MR) is 71.7 cm³/mol. The monoisotopic (exact) mass is 317 g/mol. The van der Waals surface area contributed by atoms with Gasteiger partial charge in [0.25, 0.3) is 0 Å². The molecule has 0 bridgehead atoms. The molecule has 1 fully saturated rings. The summed E-state index contributed by atoms with van der Waals surface area (Å²) in [6, 6.07) is 2.87. The highest BCUT2D eigenvalue weighted by atomic mass is 32.2. The number of hydrogen-bond acceptors (Lipinski definition) is 5. The van der Waals surface area contributed by atoms with Gasteiger partial charge in [-0.1, -0.05) is 0 Å². The van der Waals surface area contributed by atoms with E-state index in [9.17, 15) is 22.7 Å². The Hall–Kier alpha value is -1.51. The fourth-order valence-electron chi connectivity index (χ4n) is 2.27. The number of rotatable bonds is 3. The zero-order valence-corrected chi connectivity index (χ0v) is 12.3. The van der Waals surface area contributed by atoms with Gasteiger partial charge in [0.2, 0.25) is 10.0 Å². The minimum Gasteiger partial charge on any atom is -0.465 e. The van der Waals surface area contributed by atoms with Crippen LogP contribution < -0.4 is 0 Å². The summed E-state index contributed by atoms with van der Waals surface area (Å²) in [4.78, 5) is 11.2. The number of benzene rings is 1. The first-order valence-corrected chi connectivity index (χ1v) is 7.86. The Morgan fingerprint density at radius 2 is 2.19 bits per heavy atom. The predicted octanol–water partition coefficient (Wildman–Crippen LogP) is 0.758. The number of esters is 1. The van der Waals surface area contributed by atoms with Crippen LogP contribution in [0.1, 0.15) is 23.2 Å². The van der Waals surface area contributed by atoms with Gasteiger partial charge in [0.15, 0.2) is 0 Å². The molecular formula is C13H16FNO5S. The van der Waals surface area contributed by atoms with Crippen molar-refractivity contribution in [3.8, 4) is 0 Å². The number of carbonyl (C=O) groups excluding carboxylic acids is 1. The molecule has 0 saturated carbocycles. The lowest BCUT2D eigenvalue weighted by Gasteiger charge is -2.29. The Labute approximate surface area is 122 Å². The molecule has 1 saturated heterocycles. The van der Waals surface area contributed by atoms with Gasteiger partial charge in [0.1, 0.15) is 5.82 Å². The molecule has 1 aliphatic rings. The van der Waals surface area contributed by atoms with E-state index in [4.69, 9.17) is 0 Å². The summed E-state index contributed by atoms with van der Waals surface area (Å²) in [5, 5.41) is 9.60. The van der Waals surface area contributed by atoms with Crippen LogP contribution in [0.2, 0.25) is 0 Å². The lowest BCUT2D eigenvalue weighted by atomic mass is 10.1. The lowest BCUT2D eigenvalue weighted by molar-refractivity contribution is 0.0596. The van der Waals surface area contributed by atoms with Crippen LogP contribution in [0, 0.1) is 5.82 Å². The molecule has 1 atom stereocenters. The largest absolute Gasteiger partial charge is 0.465 e. The molecule has 2 rings (SSSR count). The van der Waals surface area contributed by atoms with E-state index in [1.54, 1.807) is 0 Å². The summed E-state index contributed by atoms with van der Waals surface area (Å²) in [5.41, 5.74) is -0.223. The Bertz CT molecular complexity index is 646. The van der Waals surface area contributed by atoms with Crippen molar-refractivity contribution in [3.63, 3.8) is 0 Å². The second-order valence-electron chi connectivity index (χ2n) is 4.79. The number of hydrogen-bond donors (Lipinski definition) is 1. The van der Waals surface area contributed by atoms with E-state index in [1.807, 2.05) is 0 Å². The molecule has 0 aromatic heterocycles. The number of nitrogens with zero attached hydrogens (tertiary/aromatic N) is 1. The number of carbonyl (C=O) groups is 1. The molecule has 6 nitrogen and oxygen atoms in total. The summed E-state index contributed by atoms with van der Waals surface area (Å²) >= 11 is 0. The number of piperidine rings is 1. The molecule has 0 amide bonds. The van der Waals surface area contributed by atoms with Crippen LogP contribution in [0.5, 0.6) is 0 Å². The van der Waals surface area contributed by atoms with Gasteiger partial charge in [0.05, 0.1) is 23.7 Å². The second kappa shape index (κ2) is 6.08. The van der Waals surface area contributed by atoms with Gasteiger partial charge in [-0.15, -0.1) is 0 Å². The topological polar surface area (TPSA) is 83.9 Å². The van der Waals surface area contributed by atoms with Crippen molar-refractivity contribution in [2.75, 3.05) is 20.2 Å². The van der Waals surface area contributed by atoms with Crippen molar-refractivity contribution in [3.05, 3.63) is 29.6 Å². The quantitative estimate of drug-likeness (QED) is 0.832. The first kappa shape index (κ1) is 15.9. The van der Waals surface area contributed by atoms with Gasteiger partial charge < -0.3 is 9.84 Å². The maximum Gasteiger partial charge on any atom is 0.339 e. The highest BCUT2D eigenvalue weighted by Gasteiger charge is 2.33.